The van der Waals surface area contributed by atoms with Gasteiger partial charge >= 0.3 is 0 Å². The van der Waals surface area contributed by atoms with E-state index < -0.39 is 0 Å². The van der Waals surface area contributed by atoms with Gasteiger partial charge in [-0.2, -0.15) is 0 Å². The van der Waals surface area contributed by atoms with E-state index in [9.17, 15) is 9.59 Å². The van der Waals surface area contributed by atoms with Gasteiger partial charge < -0.3 is 9.64 Å². The first kappa shape index (κ1) is 10.7. The van der Waals surface area contributed by atoms with Crippen LogP contribution in [0.1, 0.15) is 22.8 Å². The summed E-state index contributed by atoms with van der Waals surface area (Å²) in [4.78, 5) is 24.4. The van der Waals surface area contributed by atoms with E-state index in [4.69, 9.17) is 4.74 Å². The summed E-state index contributed by atoms with van der Waals surface area (Å²) in [5, 5.41) is 0. The summed E-state index contributed by atoms with van der Waals surface area (Å²) in [5.41, 5.74) is 2.16. The van der Waals surface area contributed by atoms with Gasteiger partial charge in [0.15, 0.2) is 12.4 Å². The fourth-order valence-corrected chi connectivity index (χ4v) is 1.80. The first-order valence-electron chi connectivity index (χ1n) is 5.05. The van der Waals surface area contributed by atoms with Gasteiger partial charge in [-0.25, -0.2) is 0 Å². The van der Waals surface area contributed by atoms with Crippen molar-refractivity contribution in [2.45, 2.75) is 13.8 Å². The third-order valence-electron chi connectivity index (χ3n) is 2.77. The number of hydrogen-bond donors (Lipinski definition) is 0. The average molecular weight is 219 g/mol. The van der Waals surface area contributed by atoms with Crippen LogP contribution in [0.2, 0.25) is 0 Å². The SMILES string of the molecule is CC(=O)c1cc2c(cc1C)OCC(=O)N2C. The van der Waals surface area contributed by atoms with E-state index in [0.717, 1.165) is 5.56 Å². The van der Waals surface area contributed by atoms with Gasteiger partial charge in [0.05, 0.1) is 5.69 Å². The zero-order valence-corrected chi connectivity index (χ0v) is 9.53. The van der Waals surface area contributed by atoms with Crippen molar-refractivity contribution in [2.24, 2.45) is 0 Å². The first-order valence-corrected chi connectivity index (χ1v) is 5.05. The molecule has 0 saturated heterocycles. The molecule has 2 rings (SSSR count). The van der Waals surface area contributed by atoms with Gasteiger partial charge in [0.25, 0.3) is 5.91 Å². The Hall–Kier alpha value is -1.84. The van der Waals surface area contributed by atoms with Gasteiger partial charge in [0.1, 0.15) is 5.75 Å². The van der Waals surface area contributed by atoms with Crippen molar-refractivity contribution in [1.82, 2.24) is 0 Å². The van der Waals surface area contributed by atoms with E-state index in [1.807, 2.05) is 6.92 Å². The number of aryl methyl sites for hydroxylation is 1. The Morgan fingerprint density at radius 3 is 2.75 bits per heavy atom. The molecule has 4 heteroatoms. The van der Waals surface area contributed by atoms with Crippen LogP contribution < -0.4 is 9.64 Å². The summed E-state index contributed by atoms with van der Waals surface area (Å²) in [7, 11) is 1.68. The number of carbonyl (C=O) groups is 2. The highest BCUT2D eigenvalue weighted by atomic mass is 16.5. The fraction of sp³-hybridized carbons (Fsp3) is 0.333. The summed E-state index contributed by atoms with van der Waals surface area (Å²) in [6, 6.07) is 3.51. The Balaban J connectivity index is 2.58. The molecule has 1 aromatic rings. The van der Waals surface area contributed by atoms with Crippen LogP contribution in [0.3, 0.4) is 0 Å². The second-order valence-corrected chi connectivity index (χ2v) is 3.93. The Kier molecular flexibility index (Phi) is 2.42. The molecule has 0 fully saturated rings. The Morgan fingerprint density at radius 2 is 2.12 bits per heavy atom. The van der Waals surface area contributed by atoms with Crippen LogP contribution in [0.15, 0.2) is 12.1 Å². The number of fused-ring (bicyclic) bond motifs is 1. The fourth-order valence-electron chi connectivity index (χ4n) is 1.80. The van der Waals surface area contributed by atoms with Crippen molar-refractivity contribution >= 4 is 17.4 Å². The lowest BCUT2D eigenvalue weighted by Crippen LogP contribution is -2.35. The lowest BCUT2D eigenvalue weighted by atomic mass is 10.0. The van der Waals surface area contributed by atoms with E-state index in [-0.39, 0.29) is 18.3 Å². The molecule has 0 N–H and O–H groups in total. The van der Waals surface area contributed by atoms with Gasteiger partial charge in [0, 0.05) is 12.6 Å². The number of carbonyl (C=O) groups excluding carboxylic acids is 2. The minimum absolute atomic E-state index is 0.00766. The Morgan fingerprint density at radius 1 is 1.44 bits per heavy atom. The molecule has 0 spiro atoms. The number of hydrogen-bond acceptors (Lipinski definition) is 3. The predicted molar refractivity (Wildman–Crippen MR) is 60.1 cm³/mol. The number of anilines is 1. The molecule has 0 saturated carbocycles. The van der Waals surface area contributed by atoms with Gasteiger partial charge in [-0.3, -0.25) is 9.59 Å². The summed E-state index contributed by atoms with van der Waals surface area (Å²) < 4.78 is 5.32. The maximum Gasteiger partial charge on any atom is 0.264 e. The number of likely N-dealkylation sites (N-methyl/N-ethyl adjacent to an activating group) is 1. The summed E-state index contributed by atoms with van der Waals surface area (Å²) in [5.74, 6) is 0.544. The number of nitrogens with zero attached hydrogens (tertiary/aromatic N) is 1. The van der Waals surface area contributed by atoms with Crippen LogP contribution in [0.25, 0.3) is 0 Å². The van der Waals surface area contributed by atoms with Gasteiger partial charge in [-0.1, -0.05) is 0 Å². The second kappa shape index (κ2) is 3.63. The predicted octanol–water partition coefficient (Wildman–Crippen LogP) is 1.55. The molecule has 0 atom stereocenters. The van der Waals surface area contributed by atoms with E-state index in [2.05, 4.69) is 0 Å². The molecule has 1 heterocycles. The van der Waals surface area contributed by atoms with E-state index in [0.29, 0.717) is 17.0 Å². The highest BCUT2D eigenvalue weighted by Gasteiger charge is 2.23. The molecule has 1 aromatic carbocycles. The molecule has 84 valence electrons. The highest BCUT2D eigenvalue weighted by Crippen LogP contribution is 2.33. The largest absolute Gasteiger partial charge is 0.482 e. The molecule has 4 nitrogen and oxygen atoms in total. The first-order chi connectivity index (χ1) is 7.50. The van der Waals surface area contributed by atoms with Crippen molar-refractivity contribution in [1.29, 1.82) is 0 Å². The molecular weight excluding hydrogens is 206 g/mol. The van der Waals surface area contributed by atoms with Crippen LogP contribution in [-0.4, -0.2) is 25.3 Å². The van der Waals surface area contributed by atoms with Crippen LogP contribution in [0, 0.1) is 6.92 Å². The van der Waals surface area contributed by atoms with Crippen LogP contribution in [0.4, 0.5) is 5.69 Å². The van der Waals surface area contributed by atoms with Crippen molar-refractivity contribution < 1.29 is 14.3 Å². The van der Waals surface area contributed by atoms with E-state index >= 15 is 0 Å². The number of ether oxygens (including phenoxy) is 1. The van der Waals surface area contributed by atoms with E-state index in [1.54, 1.807) is 19.2 Å². The van der Waals surface area contributed by atoms with Crippen molar-refractivity contribution in [3.8, 4) is 5.75 Å². The molecular formula is C12H13NO3. The number of ketones is 1. The van der Waals surface area contributed by atoms with Crippen LogP contribution in [0.5, 0.6) is 5.75 Å². The average Bonchev–Trinajstić information content (AvgIpc) is 2.23. The third kappa shape index (κ3) is 1.56. The summed E-state index contributed by atoms with van der Waals surface area (Å²) >= 11 is 0. The summed E-state index contributed by atoms with van der Waals surface area (Å²) in [6.07, 6.45) is 0. The summed E-state index contributed by atoms with van der Waals surface area (Å²) in [6.45, 7) is 3.43. The number of benzene rings is 1. The molecule has 16 heavy (non-hydrogen) atoms. The zero-order valence-electron chi connectivity index (χ0n) is 9.53. The highest BCUT2D eigenvalue weighted by molar-refractivity contribution is 6.01. The lowest BCUT2D eigenvalue weighted by Gasteiger charge is -2.26. The van der Waals surface area contributed by atoms with Crippen molar-refractivity contribution in [3.05, 3.63) is 23.3 Å². The molecule has 0 radical (unpaired) electrons. The zero-order chi connectivity index (χ0) is 11.9. The standard InChI is InChI=1S/C12H13NO3/c1-7-4-11-10(5-9(7)8(2)14)13(3)12(15)6-16-11/h4-5H,6H2,1-3H3. The third-order valence-corrected chi connectivity index (χ3v) is 2.77. The Bertz CT molecular complexity index is 479. The number of amides is 1. The number of rotatable bonds is 1. The lowest BCUT2D eigenvalue weighted by molar-refractivity contribution is -0.120. The molecule has 0 unspecified atom stereocenters. The minimum atomic E-state index is -0.106. The molecule has 1 aliphatic heterocycles. The van der Waals surface area contributed by atoms with Crippen molar-refractivity contribution in [3.63, 3.8) is 0 Å². The molecule has 0 aliphatic carbocycles. The molecule has 1 amide bonds. The normalized spacial score (nSPS) is 14.4. The molecule has 1 aliphatic rings. The van der Waals surface area contributed by atoms with Gasteiger partial charge in [-0.15, -0.1) is 0 Å². The number of Topliss-reactive ketones (excluding diaryl/α,β-unsaturated/α-hetero) is 1. The maximum atomic E-state index is 11.4. The van der Waals surface area contributed by atoms with Gasteiger partial charge in [-0.05, 0) is 31.5 Å². The quantitative estimate of drug-likeness (QED) is 0.673. The topological polar surface area (TPSA) is 46.6 Å². The van der Waals surface area contributed by atoms with Gasteiger partial charge in [0.2, 0.25) is 0 Å². The van der Waals surface area contributed by atoms with Crippen LogP contribution in [-0.2, 0) is 4.79 Å². The van der Waals surface area contributed by atoms with Crippen LogP contribution >= 0.6 is 0 Å². The molecule has 0 aromatic heterocycles. The second-order valence-electron chi connectivity index (χ2n) is 3.93. The smallest absolute Gasteiger partial charge is 0.264 e. The monoisotopic (exact) mass is 219 g/mol. The minimum Gasteiger partial charge on any atom is -0.482 e. The maximum absolute atomic E-state index is 11.4. The Labute approximate surface area is 93.8 Å². The van der Waals surface area contributed by atoms with E-state index in [1.165, 1.54) is 11.8 Å². The van der Waals surface area contributed by atoms with Crippen molar-refractivity contribution in [2.75, 3.05) is 18.6 Å². The molecule has 0 bridgehead atoms.